The predicted molar refractivity (Wildman–Crippen MR) is 68.5 cm³/mol. The Morgan fingerprint density at radius 3 is 2.88 bits per heavy atom. The van der Waals surface area contributed by atoms with Gasteiger partial charge in [-0.2, -0.15) is 0 Å². The second-order valence-corrected chi connectivity index (χ2v) is 4.45. The summed E-state index contributed by atoms with van der Waals surface area (Å²) in [6.07, 6.45) is 1.73. The molecule has 1 amide bonds. The molecule has 1 aromatic rings. The maximum atomic E-state index is 11.5. The second kappa shape index (κ2) is 6.66. The molecule has 0 unspecified atom stereocenters. The van der Waals surface area contributed by atoms with E-state index in [1.165, 1.54) is 0 Å². The summed E-state index contributed by atoms with van der Waals surface area (Å²) >= 11 is 3.40. The minimum absolute atomic E-state index is 0.0499. The van der Waals surface area contributed by atoms with Crippen molar-refractivity contribution >= 4 is 27.5 Å². The van der Waals surface area contributed by atoms with Gasteiger partial charge in [0.05, 0.1) is 0 Å². The van der Waals surface area contributed by atoms with Crippen LogP contribution in [-0.4, -0.2) is 17.6 Å². The maximum absolute atomic E-state index is 11.5. The highest BCUT2D eigenvalue weighted by Gasteiger charge is 2.05. The highest BCUT2D eigenvalue weighted by molar-refractivity contribution is 9.10. The van der Waals surface area contributed by atoms with Gasteiger partial charge in [0.1, 0.15) is 0 Å². The summed E-state index contributed by atoms with van der Waals surface area (Å²) in [5.41, 5.74) is 1.96. The minimum atomic E-state index is -0.0499. The molecule has 1 aromatic carbocycles. The highest BCUT2D eigenvalue weighted by atomic mass is 79.9. The molecule has 0 bridgehead atoms. The molecule has 0 aliphatic carbocycles. The number of anilines is 1. The van der Waals surface area contributed by atoms with Gasteiger partial charge in [-0.25, -0.2) is 0 Å². The number of aliphatic hydroxyl groups is 1. The van der Waals surface area contributed by atoms with Crippen LogP contribution in [0.2, 0.25) is 0 Å². The summed E-state index contributed by atoms with van der Waals surface area (Å²) in [7, 11) is 0. The molecule has 0 fully saturated rings. The Morgan fingerprint density at radius 1 is 1.50 bits per heavy atom. The van der Waals surface area contributed by atoms with Crippen molar-refractivity contribution in [3.63, 3.8) is 0 Å². The van der Waals surface area contributed by atoms with Crippen LogP contribution in [0.1, 0.15) is 25.3 Å². The number of halogens is 1. The number of hydrogen-bond acceptors (Lipinski definition) is 2. The zero-order valence-corrected chi connectivity index (χ0v) is 10.9. The van der Waals surface area contributed by atoms with E-state index in [-0.39, 0.29) is 12.5 Å². The fraction of sp³-hybridized carbons (Fsp3) is 0.417. The van der Waals surface area contributed by atoms with Gasteiger partial charge in [-0.1, -0.05) is 22.9 Å². The van der Waals surface area contributed by atoms with Gasteiger partial charge in [-0.15, -0.1) is 0 Å². The molecule has 0 aromatic heterocycles. The van der Waals surface area contributed by atoms with Gasteiger partial charge in [-0.05, 0) is 36.6 Å². The molecule has 1 rings (SSSR count). The molecule has 0 saturated carbocycles. The summed E-state index contributed by atoms with van der Waals surface area (Å²) in [4.78, 5) is 11.5. The number of aryl methyl sites for hydroxylation is 1. The molecule has 3 nitrogen and oxygen atoms in total. The number of benzene rings is 1. The number of carbonyl (C=O) groups is 1. The lowest BCUT2D eigenvalue weighted by Crippen LogP contribution is -2.13. The zero-order valence-electron chi connectivity index (χ0n) is 9.29. The number of aliphatic hydroxyl groups excluding tert-OH is 1. The Labute approximate surface area is 104 Å². The lowest BCUT2D eigenvalue weighted by Gasteiger charge is -2.10. The first-order valence-electron chi connectivity index (χ1n) is 5.36. The maximum Gasteiger partial charge on any atom is 0.224 e. The number of hydrogen-bond donors (Lipinski definition) is 2. The van der Waals surface area contributed by atoms with Crippen LogP contribution < -0.4 is 5.32 Å². The normalized spacial score (nSPS) is 10.2. The molecule has 88 valence electrons. The van der Waals surface area contributed by atoms with Gasteiger partial charge in [0.15, 0.2) is 0 Å². The monoisotopic (exact) mass is 285 g/mol. The van der Waals surface area contributed by atoms with Crippen LogP contribution in [0, 0.1) is 0 Å². The van der Waals surface area contributed by atoms with E-state index in [0.717, 1.165) is 22.1 Å². The third-order valence-corrected chi connectivity index (χ3v) is 2.78. The third-order valence-electron chi connectivity index (χ3n) is 2.28. The molecule has 16 heavy (non-hydrogen) atoms. The largest absolute Gasteiger partial charge is 0.396 e. The fourth-order valence-electron chi connectivity index (χ4n) is 1.43. The van der Waals surface area contributed by atoms with Crippen LogP contribution in [0.25, 0.3) is 0 Å². The van der Waals surface area contributed by atoms with Crippen molar-refractivity contribution in [3.8, 4) is 0 Å². The number of rotatable bonds is 5. The minimum Gasteiger partial charge on any atom is -0.396 e. The number of carbonyl (C=O) groups excluding carboxylic acids is 1. The molecule has 0 heterocycles. The molecule has 4 heteroatoms. The van der Waals surface area contributed by atoms with Gasteiger partial charge < -0.3 is 10.4 Å². The topological polar surface area (TPSA) is 49.3 Å². The van der Waals surface area contributed by atoms with E-state index in [1.807, 2.05) is 25.1 Å². The fourth-order valence-corrected chi connectivity index (χ4v) is 1.84. The second-order valence-electron chi connectivity index (χ2n) is 3.53. The van der Waals surface area contributed by atoms with Crippen molar-refractivity contribution in [1.82, 2.24) is 0 Å². The lowest BCUT2D eigenvalue weighted by atomic mass is 10.1. The summed E-state index contributed by atoms with van der Waals surface area (Å²) < 4.78 is 1.01. The average molecular weight is 286 g/mol. The first kappa shape index (κ1) is 13.2. The smallest absolute Gasteiger partial charge is 0.224 e. The SMILES string of the molecule is CCc1cc(Br)ccc1NC(=O)CCCO. The Morgan fingerprint density at radius 2 is 2.25 bits per heavy atom. The van der Waals surface area contributed by atoms with E-state index in [0.29, 0.717) is 12.8 Å². The van der Waals surface area contributed by atoms with Crippen LogP contribution in [0.4, 0.5) is 5.69 Å². The van der Waals surface area contributed by atoms with E-state index < -0.39 is 0 Å². The first-order valence-corrected chi connectivity index (χ1v) is 6.15. The standard InChI is InChI=1S/C12H16BrNO2/c1-2-9-8-10(13)5-6-11(9)14-12(16)4-3-7-15/h5-6,8,15H,2-4,7H2,1H3,(H,14,16). The van der Waals surface area contributed by atoms with E-state index >= 15 is 0 Å². The van der Waals surface area contributed by atoms with Gasteiger partial charge in [-0.3, -0.25) is 4.79 Å². The number of nitrogens with one attached hydrogen (secondary N) is 1. The molecule has 0 atom stereocenters. The Kier molecular flexibility index (Phi) is 5.49. The van der Waals surface area contributed by atoms with Crippen molar-refractivity contribution < 1.29 is 9.90 Å². The predicted octanol–water partition coefficient (Wildman–Crippen LogP) is 2.72. The first-order chi connectivity index (χ1) is 7.67. The summed E-state index contributed by atoms with van der Waals surface area (Å²) in [5.74, 6) is -0.0499. The van der Waals surface area contributed by atoms with Crippen molar-refractivity contribution in [2.24, 2.45) is 0 Å². The average Bonchev–Trinajstić information content (AvgIpc) is 2.28. The summed E-state index contributed by atoms with van der Waals surface area (Å²) in [6.45, 7) is 2.10. The molecular formula is C12H16BrNO2. The molecule has 0 radical (unpaired) electrons. The third kappa shape index (κ3) is 3.94. The van der Waals surface area contributed by atoms with Gasteiger partial charge in [0.2, 0.25) is 5.91 Å². The van der Waals surface area contributed by atoms with Crippen LogP contribution >= 0.6 is 15.9 Å². The molecular weight excluding hydrogens is 270 g/mol. The molecule has 0 aliphatic heterocycles. The van der Waals surface area contributed by atoms with Gasteiger partial charge in [0, 0.05) is 23.2 Å². The van der Waals surface area contributed by atoms with Crippen molar-refractivity contribution in [3.05, 3.63) is 28.2 Å². The van der Waals surface area contributed by atoms with Crippen LogP contribution in [0.5, 0.6) is 0 Å². The highest BCUT2D eigenvalue weighted by Crippen LogP contribution is 2.21. The Balaban J connectivity index is 2.69. The Bertz CT molecular complexity index is 366. The van der Waals surface area contributed by atoms with Crippen molar-refractivity contribution in [2.75, 3.05) is 11.9 Å². The quantitative estimate of drug-likeness (QED) is 0.874. The van der Waals surface area contributed by atoms with E-state index in [9.17, 15) is 4.79 Å². The van der Waals surface area contributed by atoms with Crippen molar-refractivity contribution in [2.45, 2.75) is 26.2 Å². The van der Waals surface area contributed by atoms with Crippen LogP contribution in [0.15, 0.2) is 22.7 Å². The Hall–Kier alpha value is -0.870. The molecule has 2 N–H and O–H groups in total. The molecule has 0 spiro atoms. The summed E-state index contributed by atoms with van der Waals surface area (Å²) in [6, 6.07) is 5.79. The van der Waals surface area contributed by atoms with Crippen molar-refractivity contribution in [1.29, 1.82) is 0 Å². The van der Waals surface area contributed by atoms with Gasteiger partial charge >= 0.3 is 0 Å². The number of amides is 1. The van der Waals surface area contributed by atoms with E-state index in [4.69, 9.17) is 5.11 Å². The lowest BCUT2D eigenvalue weighted by molar-refractivity contribution is -0.116. The van der Waals surface area contributed by atoms with E-state index in [1.54, 1.807) is 0 Å². The molecule has 0 aliphatic rings. The summed E-state index contributed by atoms with van der Waals surface area (Å²) in [5, 5.41) is 11.5. The van der Waals surface area contributed by atoms with Crippen LogP contribution in [-0.2, 0) is 11.2 Å². The molecule has 0 saturated heterocycles. The zero-order chi connectivity index (χ0) is 12.0. The van der Waals surface area contributed by atoms with Gasteiger partial charge in [0.25, 0.3) is 0 Å². The van der Waals surface area contributed by atoms with Crippen LogP contribution in [0.3, 0.4) is 0 Å². The van der Waals surface area contributed by atoms with E-state index in [2.05, 4.69) is 21.2 Å².